The van der Waals surface area contributed by atoms with Gasteiger partial charge in [0.1, 0.15) is 0 Å². The quantitative estimate of drug-likeness (QED) is 0.544. The highest BCUT2D eigenvalue weighted by atomic mass is 16.3. The van der Waals surface area contributed by atoms with Crippen LogP contribution < -0.4 is 10.6 Å². The second kappa shape index (κ2) is 7.04. The summed E-state index contributed by atoms with van der Waals surface area (Å²) < 4.78 is 0. The highest BCUT2D eigenvalue weighted by Crippen LogP contribution is 2.38. The molecule has 0 spiro atoms. The number of benzene rings is 2. The van der Waals surface area contributed by atoms with E-state index in [4.69, 9.17) is 10.2 Å². The number of rotatable bonds is 6. The van der Waals surface area contributed by atoms with E-state index in [2.05, 4.69) is 10.6 Å². The molecule has 3 rings (SSSR count). The number of hydrogen-bond acceptors (Lipinski definition) is 6. The highest BCUT2D eigenvalue weighted by molar-refractivity contribution is 6.32. The number of aryl methyl sites for hydroxylation is 1. The number of aliphatic hydroxyl groups excluding tert-OH is 2. The Hall–Kier alpha value is -2.70. The van der Waals surface area contributed by atoms with Gasteiger partial charge in [0, 0.05) is 35.6 Å². The Kier molecular flexibility index (Phi) is 4.83. The Morgan fingerprint density at radius 3 is 2.04 bits per heavy atom. The maximum atomic E-state index is 13.1. The molecule has 2 aromatic carbocycles. The zero-order valence-corrected chi connectivity index (χ0v) is 13.9. The van der Waals surface area contributed by atoms with Gasteiger partial charge < -0.3 is 20.8 Å². The molecule has 0 unspecified atom stereocenters. The van der Waals surface area contributed by atoms with Gasteiger partial charge in [0.2, 0.25) is 0 Å². The SMILES string of the molecule is Cc1cc(NCCO)c2c(c1NCCO)C(=O)c1ccccc1C2=O. The van der Waals surface area contributed by atoms with Gasteiger partial charge in [0.15, 0.2) is 11.6 Å². The number of ketones is 2. The lowest BCUT2D eigenvalue weighted by atomic mass is 9.81. The highest BCUT2D eigenvalue weighted by Gasteiger charge is 2.34. The molecule has 1 aliphatic rings. The summed E-state index contributed by atoms with van der Waals surface area (Å²) in [6.07, 6.45) is 0. The third kappa shape index (κ3) is 2.90. The van der Waals surface area contributed by atoms with Crippen molar-refractivity contribution in [3.8, 4) is 0 Å². The van der Waals surface area contributed by atoms with Crippen LogP contribution in [0.15, 0.2) is 30.3 Å². The number of aliphatic hydroxyl groups is 2. The smallest absolute Gasteiger partial charge is 0.196 e. The molecule has 0 saturated heterocycles. The minimum Gasteiger partial charge on any atom is -0.395 e. The fourth-order valence-corrected chi connectivity index (χ4v) is 3.17. The number of hydrogen-bond donors (Lipinski definition) is 4. The summed E-state index contributed by atoms with van der Waals surface area (Å²) in [5.41, 5.74) is 3.26. The molecule has 0 radical (unpaired) electrons. The Balaban J connectivity index is 2.25. The molecule has 0 atom stereocenters. The van der Waals surface area contributed by atoms with Crippen molar-refractivity contribution in [2.75, 3.05) is 36.9 Å². The Bertz CT molecular complexity index is 846. The Labute approximate surface area is 145 Å². The second-order valence-corrected chi connectivity index (χ2v) is 5.87. The van der Waals surface area contributed by atoms with Crippen molar-refractivity contribution >= 4 is 22.9 Å². The fourth-order valence-electron chi connectivity index (χ4n) is 3.17. The maximum absolute atomic E-state index is 13.1. The molecule has 1 aliphatic carbocycles. The topological polar surface area (TPSA) is 98.7 Å². The third-order valence-corrected chi connectivity index (χ3v) is 4.24. The van der Waals surface area contributed by atoms with E-state index < -0.39 is 0 Å². The largest absolute Gasteiger partial charge is 0.395 e. The summed E-state index contributed by atoms with van der Waals surface area (Å²) in [4.78, 5) is 26.1. The van der Waals surface area contributed by atoms with Crippen LogP contribution in [0.4, 0.5) is 11.4 Å². The lowest BCUT2D eigenvalue weighted by molar-refractivity contribution is 0.0980. The van der Waals surface area contributed by atoms with Gasteiger partial charge in [-0.2, -0.15) is 0 Å². The van der Waals surface area contributed by atoms with Crippen LogP contribution in [0.5, 0.6) is 0 Å². The molecule has 0 heterocycles. The molecule has 0 bridgehead atoms. The molecular weight excluding hydrogens is 320 g/mol. The number of carbonyl (C=O) groups is 2. The molecule has 0 amide bonds. The zero-order valence-electron chi connectivity index (χ0n) is 13.9. The van der Waals surface area contributed by atoms with Gasteiger partial charge in [0.25, 0.3) is 0 Å². The van der Waals surface area contributed by atoms with Crippen LogP contribution in [0.1, 0.15) is 37.4 Å². The van der Waals surface area contributed by atoms with Gasteiger partial charge >= 0.3 is 0 Å². The molecule has 0 fully saturated rings. The lowest BCUT2D eigenvalue weighted by Crippen LogP contribution is -2.25. The van der Waals surface area contributed by atoms with Crippen LogP contribution in [-0.2, 0) is 0 Å². The molecule has 2 aromatic rings. The van der Waals surface area contributed by atoms with Crippen LogP contribution in [0.25, 0.3) is 0 Å². The van der Waals surface area contributed by atoms with E-state index in [9.17, 15) is 9.59 Å². The predicted molar refractivity (Wildman–Crippen MR) is 95.6 cm³/mol. The van der Waals surface area contributed by atoms with Gasteiger partial charge in [-0.15, -0.1) is 0 Å². The van der Waals surface area contributed by atoms with Crippen molar-refractivity contribution in [3.05, 3.63) is 58.1 Å². The van der Waals surface area contributed by atoms with Gasteiger partial charge in [0.05, 0.1) is 24.3 Å². The van der Waals surface area contributed by atoms with Crippen LogP contribution in [0.2, 0.25) is 0 Å². The molecule has 4 N–H and O–H groups in total. The molecule has 6 nitrogen and oxygen atoms in total. The van der Waals surface area contributed by atoms with Crippen molar-refractivity contribution in [2.24, 2.45) is 0 Å². The van der Waals surface area contributed by atoms with Crippen molar-refractivity contribution in [2.45, 2.75) is 6.92 Å². The third-order valence-electron chi connectivity index (χ3n) is 4.24. The molecule has 130 valence electrons. The van der Waals surface area contributed by atoms with Crippen LogP contribution in [-0.4, -0.2) is 48.1 Å². The number of carbonyl (C=O) groups excluding carboxylic acids is 2. The Morgan fingerprint density at radius 1 is 0.880 bits per heavy atom. The average molecular weight is 340 g/mol. The second-order valence-electron chi connectivity index (χ2n) is 5.87. The van der Waals surface area contributed by atoms with E-state index in [1.165, 1.54) is 0 Å². The van der Waals surface area contributed by atoms with E-state index in [1.54, 1.807) is 30.3 Å². The lowest BCUT2D eigenvalue weighted by Gasteiger charge is -2.25. The van der Waals surface area contributed by atoms with Crippen LogP contribution in [0.3, 0.4) is 0 Å². The maximum Gasteiger partial charge on any atom is 0.196 e. The number of anilines is 2. The van der Waals surface area contributed by atoms with E-state index in [1.807, 2.05) is 6.92 Å². The zero-order chi connectivity index (χ0) is 18.0. The standard InChI is InChI=1S/C19H20N2O4/c1-11-10-14(20-6-8-22)15-16(17(11)21-7-9-23)19(25)13-5-3-2-4-12(13)18(15)24/h2-5,10,20-23H,6-9H2,1H3. The average Bonchev–Trinajstić information content (AvgIpc) is 2.63. The van der Waals surface area contributed by atoms with Crippen molar-refractivity contribution in [3.63, 3.8) is 0 Å². The van der Waals surface area contributed by atoms with Gasteiger partial charge in [-0.25, -0.2) is 0 Å². The first kappa shape index (κ1) is 17.1. The summed E-state index contributed by atoms with van der Waals surface area (Å²) in [6.45, 7) is 2.22. The first-order chi connectivity index (χ1) is 12.1. The van der Waals surface area contributed by atoms with Gasteiger partial charge in [-0.3, -0.25) is 9.59 Å². The number of fused-ring (bicyclic) bond motifs is 2. The van der Waals surface area contributed by atoms with Crippen molar-refractivity contribution in [1.82, 2.24) is 0 Å². The van der Waals surface area contributed by atoms with Crippen molar-refractivity contribution < 1.29 is 19.8 Å². The Morgan fingerprint density at radius 2 is 1.44 bits per heavy atom. The monoisotopic (exact) mass is 340 g/mol. The van der Waals surface area contributed by atoms with E-state index in [-0.39, 0.29) is 37.9 Å². The molecule has 0 aromatic heterocycles. The summed E-state index contributed by atoms with van der Waals surface area (Å²) in [7, 11) is 0. The summed E-state index contributed by atoms with van der Waals surface area (Å²) in [5.74, 6) is -0.445. The molecule has 25 heavy (non-hydrogen) atoms. The predicted octanol–water partition coefficient (Wildman–Crippen LogP) is 1.58. The minimum absolute atomic E-state index is 0.0859. The minimum atomic E-state index is -0.224. The molecule has 0 saturated carbocycles. The van der Waals surface area contributed by atoms with Crippen molar-refractivity contribution in [1.29, 1.82) is 0 Å². The number of nitrogens with one attached hydrogen (secondary N) is 2. The normalized spacial score (nSPS) is 12.6. The van der Waals surface area contributed by atoms with Gasteiger partial charge in [-0.1, -0.05) is 24.3 Å². The van der Waals surface area contributed by atoms with E-state index in [0.29, 0.717) is 33.6 Å². The van der Waals surface area contributed by atoms with E-state index >= 15 is 0 Å². The van der Waals surface area contributed by atoms with Crippen LogP contribution >= 0.6 is 0 Å². The fraction of sp³-hybridized carbons (Fsp3) is 0.263. The molecule has 0 aliphatic heterocycles. The summed E-state index contributed by atoms with van der Waals surface area (Å²) >= 11 is 0. The van der Waals surface area contributed by atoms with Crippen LogP contribution in [0, 0.1) is 6.92 Å². The summed E-state index contributed by atoms with van der Waals surface area (Å²) in [6, 6.07) is 8.55. The first-order valence-electron chi connectivity index (χ1n) is 8.15. The molecule has 6 heteroatoms. The molecular formula is C19H20N2O4. The van der Waals surface area contributed by atoms with E-state index in [0.717, 1.165) is 5.56 Å². The summed E-state index contributed by atoms with van der Waals surface area (Å²) in [5, 5.41) is 24.3. The first-order valence-corrected chi connectivity index (χ1v) is 8.15. The van der Waals surface area contributed by atoms with Gasteiger partial charge in [-0.05, 0) is 18.6 Å².